The van der Waals surface area contributed by atoms with E-state index in [4.69, 9.17) is 9.40 Å². The van der Waals surface area contributed by atoms with E-state index in [1.165, 1.54) is 22.3 Å². The molecule has 0 spiro atoms. The SMILES string of the molecule is Cc1ccc(-c2nc3ccncc3n2-c2ccc(-c3ccccc3)cc2C(C)(C)C)c2oc3ccccc3c12. The Bertz CT molecular complexity index is 2010. The first-order chi connectivity index (χ1) is 18.9. The van der Waals surface area contributed by atoms with Crippen LogP contribution in [0.2, 0.25) is 0 Å². The molecule has 0 aliphatic carbocycles. The van der Waals surface area contributed by atoms with E-state index in [2.05, 4.69) is 110 Å². The van der Waals surface area contributed by atoms with Crippen LogP contribution >= 0.6 is 0 Å². The summed E-state index contributed by atoms with van der Waals surface area (Å²) in [6, 6.07) is 31.8. The molecule has 39 heavy (non-hydrogen) atoms. The molecule has 190 valence electrons. The van der Waals surface area contributed by atoms with Crippen LogP contribution in [-0.4, -0.2) is 14.5 Å². The Hall–Kier alpha value is -4.70. The van der Waals surface area contributed by atoms with E-state index >= 15 is 0 Å². The Morgan fingerprint density at radius 1 is 0.795 bits per heavy atom. The Morgan fingerprint density at radius 2 is 1.59 bits per heavy atom. The Morgan fingerprint density at radius 3 is 2.41 bits per heavy atom. The summed E-state index contributed by atoms with van der Waals surface area (Å²) in [7, 11) is 0. The second kappa shape index (κ2) is 8.67. The van der Waals surface area contributed by atoms with Gasteiger partial charge in [-0.05, 0) is 64.9 Å². The number of imidazole rings is 1. The summed E-state index contributed by atoms with van der Waals surface area (Å²) in [5.74, 6) is 0.847. The molecule has 0 N–H and O–H groups in total. The van der Waals surface area contributed by atoms with Crippen molar-refractivity contribution >= 4 is 33.0 Å². The van der Waals surface area contributed by atoms with Gasteiger partial charge in [0, 0.05) is 17.0 Å². The lowest BCUT2D eigenvalue weighted by Gasteiger charge is -2.25. The van der Waals surface area contributed by atoms with Crippen molar-refractivity contribution in [1.82, 2.24) is 14.5 Å². The zero-order chi connectivity index (χ0) is 26.7. The van der Waals surface area contributed by atoms with E-state index in [9.17, 15) is 0 Å². The van der Waals surface area contributed by atoms with Crippen LogP contribution in [0.1, 0.15) is 31.9 Å². The molecule has 4 heteroatoms. The molecule has 7 aromatic rings. The maximum atomic E-state index is 6.51. The van der Waals surface area contributed by atoms with Crippen LogP contribution in [0.5, 0.6) is 0 Å². The topological polar surface area (TPSA) is 43.9 Å². The lowest BCUT2D eigenvalue weighted by molar-refractivity contribution is 0.587. The van der Waals surface area contributed by atoms with Crippen molar-refractivity contribution < 1.29 is 4.42 Å². The molecule has 0 aliphatic heterocycles. The largest absolute Gasteiger partial charge is 0.455 e. The van der Waals surface area contributed by atoms with Crippen LogP contribution in [0, 0.1) is 6.92 Å². The summed E-state index contributed by atoms with van der Waals surface area (Å²) in [5.41, 5.74) is 10.4. The molecule has 0 atom stereocenters. The van der Waals surface area contributed by atoms with E-state index in [0.29, 0.717) is 0 Å². The standard InChI is InChI=1S/C35H29N3O/c1-22-14-16-26(33-32(22)25-12-8-9-13-31(25)39-33)34-37-28-18-19-36-21-30(28)38(34)29-17-15-24(20-27(29)35(2,3)4)23-10-6-5-7-11-23/h5-21H,1-4H3. The molecule has 0 amide bonds. The van der Waals surface area contributed by atoms with Gasteiger partial charge in [0.05, 0.1) is 28.5 Å². The monoisotopic (exact) mass is 507 g/mol. The molecule has 0 radical (unpaired) electrons. The molecule has 0 fully saturated rings. The van der Waals surface area contributed by atoms with Crippen molar-refractivity contribution in [2.75, 3.05) is 0 Å². The maximum Gasteiger partial charge on any atom is 0.149 e. The summed E-state index contributed by atoms with van der Waals surface area (Å²) < 4.78 is 8.77. The van der Waals surface area contributed by atoms with Gasteiger partial charge >= 0.3 is 0 Å². The van der Waals surface area contributed by atoms with Crippen molar-refractivity contribution in [3.63, 3.8) is 0 Å². The first-order valence-corrected chi connectivity index (χ1v) is 13.3. The highest BCUT2D eigenvalue weighted by Gasteiger charge is 2.25. The number of para-hydroxylation sites is 1. The summed E-state index contributed by atoms with van der Waals surface area (Å²) >= 11 is 0. The predicted molar refractivity (Wildman–Crippen MR) is 160 cm³/mol. The van der Waals surface area contributed by atoms with Gasteiger partial charge in [-0.2, -0.15) is 0 Å². The lowest BCUT2D eigenvalue weighted by atomic mass is 9.84. The van der Waals surface area contributed by atoms with Gasteiger partial charge in [0.15, 0.2) is 0 Å². The van der Waals surface area contributed by atoms with Gasteiger partial charge in [-0.15, -0.1) is 0 Å². The quantitative estimate of drug-likeness (QED) is 0.239. The minimum atomic E-state index is -0.113. The second-order valence-corrected chi connectivity index (χ2v) is 11.2. The molecule has 3 heterocycles. The molecule has 0 saturated carbocycles. The molecule has 3 aromatic heterocycles. The summed E-state index contributed by atoms with van der Waals surface area (Å²) in [5, 5.41) is 2.26. The number of rotatable bonds is 3. The molecular weight excluding hydrogens is 478 g/mol. The third kappa shape index (κ3) is 3.75. The Kier molecular flexibility index (Phi) is 5.21. The maximum absolute atomic E-state index is 6.51. The van der Waals surface area contributed by atoms with Crippen molar-refractivity contribution in [3.8, 4) is 28.2 Å². The molecule has 7 rings (SSSR count). The number of hydrogen-bond acceptors (Lipinski definition) is 3. The van der Waals surface area contributed by atoms with Crippen LogP contribution in [0.25, 0.3) is 61.2 Å². The zero-order valence-corrected chi connectivity index (χ0v) is 22.6. The summed E-state index contributed by atoms with van der Waals surface area (Å²) in [4.78, 5) is 9.67. The number of hydrogen-bond donors (Lipinski definition) is 0. The fourth-order valence-electron chi connectivity index (χ4n) is 5.66. The average molecular weight is 508 g/mol. The molecule has 0 saturated heterocycles. The van der Waals surface area contributed by atoms with Crippen LogP contribution in [0.3, 0.4) is 0 Å². The fourth-order valence-corrected chi connectivity index (χ4v) is 5.66. The van der Waals surface area contributed by atoms with Crippen LogP contribution in [0.4, 0.5) is 0 Å². The van der Waals surface area contributed by atoms with Crippen LogP contribution < -0.4 is 0 Å². The number of aromatic nitrogens is 3. The van der Waals surface area contributed by atoms with Gasteiger partial charge in [-0.3, -0.25) is 9.55 Å². The molecule has 4 aromatic carbocycles. The Labute approximate surface area is 227 Å². The number of furan rings is 1. The smallest absolute Gasteiger partial charge is 0.149 e. The number of nitrogens with zero attached hydrogens (tertiary/aromatic N) is 3. The van der Waals surface area contributed by atoms with Gasteiger partial charge in [-0.25, -0.2) is 4.98 Å². The van der Waals surface area contributed by atoms with Gasteiger partial charge < -0.3 is 4.42 Å². The Balaban J connectivity index is 1.56. The van der Waals surface area contributed by atoms with Crippen molar-refractivity contribution in [2.24, 2.45) is 0 Å². The highest BCUT2D eigenvalue weighted by atomic mass is 16.3. The second-order valence-electron chi connectivity index (χ2n) is 11.2. The third-order valence-electron chi connectivity index (χ3n) is 7.58. The van der Waals surface area contributed by atoms with E-state index in [1.807, 2.05) is 24.4 Å². The van der Waals surface area contributed by atoms with E-state index in [0.717, 1.165) is 50.0 Å². The van der Waals surface area contributed by atoms with Crippen molar-refractivity contribution in [1.29, 1.82) is 0 Å². The van der Waals surface area contributed by atoms with Gasteiger partial charge in [0.25, 0.3) is 0 Å². The van der Waals surface area contributed by atoms with Gasteiger partial charge in [0.2, 0.25) is 0 Å². The molecule has 0 aliphatic rings. The molecule has 0 unspecified atom stereocenters. The molecule has 4 nitrogen and oxygen atoms in total. The normalized spacial score (nSPS) is 12.1. The predicted octanol–water partition coefficient (Wildman–Crippen LogP) is 9.26. The van der Waals surface area contributed by atoms with Crippen molar-refractivity contribution in [2.45, 2.75) is 33.1 Å². The lowest BCUT2D eigenvalue weighted by Crippen LogP contribution is -2.16. The highest BCUT2D eigenvalue weighted by molar-refractivity contribution is 6.11. The minimum Gasteiger partial charge on any atom is -0.455 e. The van der Waals surface area contributed by atoms with Crippen molar-refractivity contribution in [3.05, 3.63) is 115 Å². The summed E-state index contributed by atoms with van der Waals surface area (Å²) in [6.07, 6.45) is 3.71. The van der Waals surface area contributed by atoms with Crippen LogP contribution in [0.15, 0.2) is 108 Å². The minimum absolute atomic E-state index is 0.113. The first kappa shape index (κ1) is 23.4. The molecule has 0 bridgehead atoms. The van der Waals surface area contributed by atoms with Gasteiger partial charge in [-0.1, -0.05) is 81.4 Å². The van der Waals surface area contributed by atoms with Gasteiger partial charge in [0.1, 0.15) is 17.0 Å². The van der Waals surface area contributed by atoms with E-state index in [-0.39, 0.29) is 5.41 Å². The average Bonchev–Trinajstić information content (AvgIpc) is 3.52. The molecular formula is C35H29N3O. The summed E-state index contributed by atoms with van der Waals surface area (Å²) in [6.45, 7) is 8.93. The first-order valence-electron chi connectivity index (χ1n) is 13.3. The fraction of sp³-hybridized carbons (Fsp3) is 0.143. The zero-order valence-electron chi connectivity index (χ0n) is 22.6. The number of aryl methyl sites for hydroxylation is 1. The number of fused-ring (bicyclic) bond motifs is 4. The number of benzene rings is 4. The highest BCUT2D eigenvalue weighted by Crippen LogP contribution is 2.41. The number of pyridine rings is 1. The third-order valence-corrected chi connectivity index (χ3v) is 7.58. The van der Waals surface area contributed by atoms with E-state index in [1.54, 1.807) is 6.20 Å². The van der Waals surface area contributed by atoms with Crippen LogP contribution in [-0.2, 0) is 5.41 Å². The van der Waals surface area contributed by atoms with E-state index < -0.39 is 0 Å².